The molecule has 2 unspecified atom stereocenters. The van der Waals surface area contributed by atoms with Gasteiger partial charge in [-0.15, -0.1) is 0 Å². The summed E-state index contributed by atoms with van der Waals surface area (Å²) in [6.07, 6.45) is 2.57. The minimum Gasteiger partial charge on any atom is -0.329 e. The van der Waals surface area contributed by atoms with E-state index in [1.54, 1.807) is 0 Å². The van der Waals surface area contributed by atoms with Crippen LogP contribution in [0.1, 0.15) is 33.6 Å². The van der Waals surface area contributed by atoms with Gasteiger partial charge in [-0.05, 0) is 38.6 Å². The predicted molar refractivity (Wildman–Crippen MR) is 87.9 cm³/mol. The summed E-state index contributed by atoms with van der Waals surface area (Å²) in [6, 6.07) is 0. The fraction of sp³-hybridized carbons (Fsp3) is 1.00. The molecule has 1 fully saturated rings. The minimum absolute atomic E-state index is 0.212. The molecule has 0 saturated carbocycles. The van der Waals surface area contributed by atoms with Gasteiger partial charge < -0.3 is 10.6 Å². The number of hydrogen-bond donors (Lipinski definition) is 1. The Morgan fingerprint density at radius 2 is 2.00 bits per heavy atom. The van der Waals surface area contributed by atoms with Crippen molar-refractivity contribution in [2.45, 2.75) is 44.4 Å². The predicted octanol–water partition coefficient (Wildman–Crippen LogP) is 2.12. The molecule has 0 aromatic rings. The van der Waals surface area contributed by atoms with E-state index < -0.39 is 0 Å². The van der Waals surface area contributed by atoms with Crippen LogP contribution >= 0.6 is 11.8 Å². The molecule has 2 N–H and O–H groups in total. The summed E-state index contributed by atoms with van der Waals surface area (Å²) in [7, 11) is 4.31. The van der Waals surface area contributed by atoms with Crippen LogP contribution in [-0.2, 0) is 0 Å². The standard InChI is InChI=1S/C15H33N3S/c1-13(2)11-18(9-8-17(4)5)15(12-16)7-6-10-19-14(15)3/h13-14H,6-12,16H2,1-5H3. The van der Waals surface area contributed by atoms with Crippen LogP contribution < -0.4 is 5.73 Å². The number of rotatable bonds is 7. The minimum atomic E-state index is 0.212. The van der Waals surface area contributed by atoms with Crippen molar-refractivity contribution in [1.82, 2.24) is 9.80 Å². The molecule has 1 rings (SSSR count). The number of nitrogens with zero attached hydrogens (tertiary/aromatic N) is 2. The molecular weight excluding hydrogens is 254 g/mol. The Morgan fingerprint density at radius 3 is 2.47 bits per heavy atom. The van der Waals surface area contributed by atoms with Crippen molar-refractivity contribution >= 4 is 11.8 Å². The average Bonchev–Trinajstić information content (AvgIpc) is 2.35. The van der Waals surface area contributed by atoms with E-state index >= 15 is 0 Å². The Balaban J connectivity index is 2.83. The van der Waals surface area contributed by atoms with E-state index in [0.717, 1.165) is 26.2 Å². The number of thioether (sulfide) groups is 1. The number of hydrogen-bond acceptors (Lipinski definition) is 4. The van der Waals surface area contributed by atoms with E-state index in [1.807, 2.05) is 0 Å². The molecular formula is C15H33N3S. The highest BCUT2D eigenvalue weighted by atomic mass is 32.2. The third-order valence-corrected chi connectivity index (χ3v) is 5.73. The molecule has 0 spiro atoms. The Labute approximate surface area is 124 Å². The lowest BCUT2D eigenvalue weighted by molar-refractivity contribution is 0.0629. The molecule has 0 amide bonds. The highest BCUT2D eigenvalue weighted by Gasteiger charge is 2.42. The maximum absolute atomic E-state index is 6.24. The molecule has 0 aliphatic carbocycles. The average molecular weight is 288 g/mol. The van der Waals surface area contributed by atoms with Crippen molar-refractivity contribution in [2.75, 3.05) is 46.0 Å². The van der Waals surface area contributed by atoms with Gasteiger partial charge in [-0.3, -0.25) is 4.90 Å². The number of nitrogens with two attached hydrogens (primary N) is 1. The van der Waals surface area contributed by atoms with Gasteiger partial charge in [0.05, 0.1) is 0 Å². The lowest BCUT2D eigenvalue weighted by Crippen LogP contribution is -2.62. The normalized spacial score (nSPS) is 28.6. The molecule has 1 heterocycles. The first kappa shape index (κ1) is 17.3. The van der Waals surface area contributed by atoms with Crippen LogP contribution in [0.15, 0.2) is 0 Å². The van der Waals surface area contributed by atoms with Crippen molar-refractivity contribution in [1.29, 1.82) is 0 Å². The fourth-order valence-electron chi connectivity index (χ4n) is 3.07. The maximum Gasteiger partial charge on any atom is 0.0448 e. The van der Waals surface area contributed by atoms with Crippen molar-refractivity contribution in [3.8, 4) is 0 Å². The second-order valence-corrected chi connectivity index (χ2v) is 8.02. The molecule has 4 heteroatoms. The van der Waals surface area contributed by atoms with Crippen LogP contribution in [0.4, 0.5) is 0 Å². The van der Waals surface area contributed by atoms with Gasteiger partial charge in [-0.1, -0.05) is 20.8 Å². The summed E-state index contributed by atoms with van der Waals surface area (Å²) in [5, 5.41) is 0.646. The Hall–Kier alpha value is 0.230. The maximum atomic E-state index is 6.24. The molecule has 2 atom stereocenters. The largest absolute Gasteiger partial charge is 0.329 e. The molecule has 0 aromatic heterocycles. The second kappa shape index (κ2) is 7.87. The van der Waals surface area contributed by atoms with Crippen molar-refractivity contribution in [3.05, 3.63) is 0 Å². The zero-order valence-corrected chi connectivity index (χ0v) is 14.3. The van der Waals surface area contributed by atoms with Gasteiger partial charge >= 0.3 is 0 Å². The molecule has 0 aromatic carbocycles. The zero-order chi connectivity index (χ0) is 14.5. The monoisotopic (exact) mass is 287 g/mol. The van der Waals surface area contributed by atoms with Gasteiger partial charge in [-0.25, -0.2) is 0 Å². The molecule has 0 radical (unpaired) electrons. The highest BCUT2D eigenvalue weighted by molar-refractivity contribution is 8.00. The van der Waals surface area contributed by atoms with Crippen LogP contribution in [0.3, 0.4) is 0 Å². The zero-order valence-electron chi connectivity index (χ0n) is 13.5. The van der Waals surface area contributed by atoms with Crippen LogP contribution in [-0.4, -0.2) is 66.6 Å². The van der Waals surface area contributed by atoms with Gasteiger partial charge in [0.1, 0.15) is 0 Å². The van der Waals surface area contributed by atoms with E-state index in [4.69, 9.17) is 5.73 Å². The van der Waals surface area contributed by atoms with Crippen molar-refractivity contribution in [2.24, 2.45) is 11.7 Å². The van der Waals surface area contributed by atoms with Crippen molar-refractivity contribution < 1.29 is 0 Å². The molecule has 1 saturated heterocycles. The van der Waals surface area contributed by atoms with Crippen LogP contribution in [0.5, 0.6) is 0 Å². The Morgan fingerprint density at radius 1 is 1.32 bits per heavy atom. The SMILES string of the molecule is CC(C)CN(CCN(C)C)C1(CN)CCCSC1C. The summed E-state index contributed by atoms with van der Waals surface area (Å²) in [5.41, 5.74) is 6.45. The van der Waals surface area contributed by atoms with Gasteiger partial charge in [0.2, 0.25) is 0 Å². The van der Waals surface area contributed by atoms with Crippen LogP contribution in [0.25, 0.3) is 0 Å². The summed E-state index contributed by atoms with van der Waals surface area (Å²) in [6.45, 7) is 11.2. The van der Waals surface area contributed by atoms with E-state index in [-0.39, 0.29) is 5.54 Å². The first-order valence-corrected chi connectivity index (χ1v) is 8.68. The molecule has 1 aliphatic rings. The quantitative estimate of drug-likeness (QED) is 0.777. The van der Waals surface area contributed by atoms with Gasteiger partial charge in [0, 0.05) is 37.0 Å². The lowest BCUT2D eigenvalue weighted by atomic mass is 9.86. The summed E-state index contributed by atoms with van der Waals surface area (Å²) < 4.78 is 0. The topological polar surface area (TPSA) is 32.5 Å². The lowest BCUT2D eigenvalue weighted by Gasteiger charge is -2.50. The summed E-state index contributed by atoms with van der Waals surface area (Å²) >= 11 is 2.10. The third kappa shape index (κ3) is 4.62. The third-order valence-electron chi connectivity index (χ3n) is 4.26. The van der Waals surface area contributed by atoms with E-state index in [9.17, 15) is 0 Å². The fourth-order valence-corrected chi connectivity index (χ4v) is 4.40. The Kier molecular flexibility index (Phi) is 7.15. The molecule has 3 nitrogen and oxygen atoms in total. The molecule has 19 heavy (non-hydrogen) atoms. The first-order valence-electron chi connectivity index (χ1n) is 7.64. The van der Waals surface area contributed by atoms with Gasteiger partial charge in [0.25, 0.3) is 0 Å². The Bertz CT molecular complexity index is 258. The molecule has 0 bridgehead atoms. The molecule has 114 valence electrons. The number of likely N-dealkylation sites (N-methyl/N-ethyl adjacent to an activating group) is 1. The highest BCUT2D eigenvalue weighted by Crippen LogP contribution is 2.38. The van der Waals surface area contributed by atoms with Crippen LogP contribution in [0.2, 0.25) is 0 Å². The molecule has 1 aliphatic heterocycles. The van der Waals surface area contributed by atoms with E-state index in [1.165, 1.54) is 18.6 Å². The van der Waals surface area contributed by atoms with E-state index in [0.29, 0.717) is 11.2 Å². The first-order chi connectivity index (χ1) is 8.92. The van der Waals surface area contributed by atoms with Gasteiger partial charge in [-0.2, -0.15) is 11.8 Å². The van der Waals surface area contributed by atoms with Crippen LogP contribution in [0, 0.1) is 5.92 Å². The smallest absolute Gasteiger partial charge is 0.0448 e. The van der Waals surface area contributed by atoms with Crippen molar-refractivity contribution in [3.63, 3.8) is 0 Å². The van der Waals surface area contributed by atoms with Gasteiger partial charge in [0.15, 0.2) is 0 Å². The van der Waals surface area contributed by atoms with E-state index in [2.05, 4.69) is 56.4 Å². The summed E-state index contributed by atoms with van der Waals surface area (Å²) in [5.74, 6) is 2.00. The summed E-state index contributed by atoms with van der Waals surface area (Å²) in [4.78, 5) is 4.96. The second-order valence-electron chi connectivity index (χ2n) is 6.57.